The molecule has 246 valence electrons. The molecule has 0 atom stereocenters. The van der Waals surface area contributed by atoms with Gasteiger partial charge in [0.05, 0.1) is 21.4 Å². The van der Waals surface area contributed by atoms with Gasteiger partial charge in [0.25, 0.3) is 0 Å². The Morgan fingerprint density at radius 1 is 0.396 bits per heavy atom. The number of pyridine rings is 1. The van der Waals surface area contributed by atoms with E-state index in [0.717, 1.165) is 22.4 Å². The largest absolute Gasteiger partial charge is 0.291 e. The molecule has 0 radical (unpaired) electrons. The molecule has 0 bridgehead atoms. The summed E-state index contributed by atoms with van der Waals surface area (Å²) in [6, 6.07) is 62.4. The highest BCUT2D eigenvalue weighted by molar-refractivity contribution is 7.26. The molecule has 2 nitrogen and oxygen atoms in total. The zero-order chi connectivity index (χ0) is 34.6. The molecule has 12 rings (SSSR count). The van der Waals surface area contributed by atoms with Crippen molar-refractivity contribution in [2.75, 3.05) is 0 Å². The summed E-state index contributed by atoms with van der Waals surface area (Å²) >= 11 is 3.71. The molecule has 53 heavy (non-hydrogen) atoms. The molecule has 4 heterocycles. The maximum Gasteiger partial charge on any atom is 0.156 e. The minimum atomic E-state index is 1.02. The van der Waals surface area contributed by atoms with Crippen LogP contribution in [0, 0.1) is 0 Å². The maximum absolute atomic E-state index is 5.43. The van der Waals surface area contributed by atoms with Crippen LogP contribution >= 0.6 is 22.7 Å². The number of rotatable bonds is 3. The molecule has 8 aromatic carbocycles. The van der Waals surface area contributed by atoms with Crippen LogP contribution in [-0.4, -0.2) is 9.38 Å². The average Bonchev–Trinajstić information content (AvgIpc) is 3.92. The molecule has 4 aromatic heterocycles. The molecular weight excluding hydrogens is 681 g/mol. The SMILES string of the molecule is c1ccc2c(c1)ccc1c2nc2c3sc4ccc5ccccc5c4c3cc(-c3ccc(-c4ccc(-c5ccc6sc7ccccc7c6c5)cc4)cc3)n12. The predicted octanol–water partition coefficient (Wildman–Crippen LogP) is 14.5. The van der Waals surface area contributed by atoms with Gasteiger partial charge >= 0.3 is 0 Å². The molecule has 0 aliphatic carbocycles. The first kappa shape index (κ1) is 29.3. The first-order valence-corrected chi connectivity index (χ1v) is 19.6. The molecule has 0 N–H and O–H groups in total. The smallest absolute Gasteiger partial charge is 0.156 e. The van der Waals surface area contributed by atoms with E-state index < -0.39 is 0 Å². The molecule has 0 saturated carbocycles. The number of thiophene rings is 2. The summed E-state index contributed by atoms with van der Waals surface area (Å²) in [4.78, 5) is 5.43. The molecule has 0 fully saturated rings. The fourth-order valence-corrected chi connectivity index (χ4v) is 10.7. The van der Waals surface area contributed by atoms with E-state index in [2.05, 4.69) is 174 Å². The minimum absolute atomic E-state index is 1.02. The monoisotopic (exact) mass is 708 g/mol. The Morgan fingerprint density at radius 3 is 1.77 bits per heavy atom. The molecule has 0 saturated heterocycles. The number of benzene rings is 8. The van der Waals surface area contributed by atoms with Crippen molar-refractivity contribution in [3.8, 4) is 33.5 Å². The number of aromatic nitrogens is 2. The van der Waals surface area contributed by atoms with Crippen LogP contribution < -0.4 is 0 Å². The second kappa shape index (κ2) is 11.1. The van der Waals surface area contributed by atoms with Crippen molar-refractivity contribution in [3.05, 3.63) is 170 Å². The van der Waals surface area contributed by atoms with Crippen LogP contribution in [0.5, 0.6) is 0 Å². The Morgan fingerprint density at radius 2 is 0.981 bits per heavy atom. The van der Waals surface area contributed by atoms with E-state index in [1.54, 1.807) is 0 Å². The molecular formula is C49H28N2S2. The van der Waals surface area contributed by atoms with Gasteiger partial charge in [-0.15, -0.1) is 22.7 Å². The minimum Gasteiger partial charge on any atom is -0.291 e. The second-order valence-corrected chi connectivity index (χ2v) is 16.1. The third-order valence-electron chi connectivity index (χ3n) is 11.0. The third-order valence-corrected chi connectivity index (χ3v) is 13.3. The van der Waals surface area contributed by atoms with Gasteiger partial charge in [-0.3, -0.25) is 4.40 Å². The van der Waals surface area contributed by atoms with Crippen LogP contribution in [0.15, 0.2) is 170 Å². The van der Waals surface area contributed by atoms with Gasteiger partial charge < -0.3 is 0 Å². The predicted molar refractivity (Wildman–Crippen MR) is 230 cm³/mol. The molecule has 12 aromatic rings. The average molecular weight is 709 g/mol. The standard InChI is InChI=1S/C49H28N2S2/c1-3-9-36-32(7-1)22-26-45-46(36)40-28-42(51-41-24-21-33-8-2-4-10-37(33)47(41)50-49(51)48(40)53-45)34-19-17-30(18-20-34)29-13-15-31(16-14-29)35-23-25-44-39(27-35)38-11-5-6-12-43(38)52-44/h1-28H. The quantitative estimate of drug-likeness (QED) is 0.179. The van der Waals surface area contributed by atoms with E-state index in [1.165, 1.54) is 89.7 Å². The zero-order valence-electron chi connectivity index (χ0n) is 28.4. The van der Waals surface area contributed by atoms with Crippen LogP contribution in [-0.2, 0) is 0 Å². The number of hydrogen-bond acceptors (Lipinski definition) is 3. The maximum atomic E-state index is 5.43. The van der Waals surface area contributed by atoms with Gasteiger partial charge in [0.2, 0.25) is 0 Å². The van der Waals surface area contributed by atoms with E-state index in [9.17, 15) is 0 Å². The summed E-state index contributed by atoms with van der Waals surface area (Å²) in [5, 5.41) is 10.2. The fraction of sp³-hybridized carbons (Fsp3) is 0. The van der Waals surface area contributed by atoms with Gasteiger partial charge in [-0.2, -0.15) is 0 Å². The van der Waals surface area contributed by atoms with Crippen LogP contribution in [0.4, 0.5) is 0 Å². The van der Waals surface area contributed by atoms with Gasteiger partial charge in [0, 0.05) is 41.0 Å². The Labute approximate surface area is 312 Å². The fourth-order valence-electron chi connectivity index (χ4n) is 8.41. The van der Waals surface area contributed by atoms with Gasteiger partial charge in [0.15, 0.2) is 5.65 Å². The summed E-state index contributed by atoms with van der Waals surface area (Å²) in [7, 11) is 0. The third kappa shape index (κ3) is 4.34. The van der Waals surface area contributed by atoms with Crippen molar-refractivity contribution in [2.45, 2.75) is 0 Å². The van der Waals surface area contributed by atoms with Crippen LogP contribution in [0.2, 0.25) is 0 Å². The molecule has 0 aliphatic heterocycles. The summed E-state index contributed by atoms with van der Waals surface area (Å²) < 4.78 is 7.58. The summed E-state index contributed by atoms with van der Waals surface area (Å²) in [5.74, 6) is 0. The lowest BCUT2D eigenvalue weighted by Crippen LogP contribution is -1.93. The molecule has 4 heteroatoms. The first-order chi connectivity index (χ1) is 26.2. The number of fused-ring (bicyclic) bond motifs is 14. The van der Waals surface area contributed by atoms with Gasteiger partial charge in [-0.1, -0.05) is 133 Å². The van der Waals surface area contributed by atoms with Crippen molar-refractivity contribution in [3.63, 3.8) is 0 Å². The van der Waals surface area contributed by atoms with Crippen LogP contribution in [0.3, 0.4) is 0 Å². The van der Waals surface area contributed by atoms with Crippen LogP contribution in [0.25, 0.3) is 112 Å². The van der Waals surface area contributed by atoms with Crippen molar-refractivity contribution >= 4 is 101 Å². The Balaban J connectivity index is 1.01. The molecule has 0 unspecified atom stereocenters. The molecule has 0 aliphatic rings. The van der Waals surface area contributed by atoms with E-state index >= 15 is 0 Å². The van der Waals surface area contributed by atoms with Crippen molar-refractivity contribution in [1.82, 2.24) is 9.38 Å². The Hall–Kier alpha value is -6.33. The highest BCUT2D eigenvalue weighted by Gasteiger charge is 2.20. The van der Waals surface area contributed by atoms with E-state index in [-0.39, 0.29) is 0 Å². The first-order valence-electron chi connectivity index (χ1n) is 17.9. The summed E-state index contributed by atoms with van der Waals surface area (Å²) in [5.41, 5.74) is 10.4. The normalized spacial score (nSPS) is 12.2. The van der Waals surface area contributed by atoms with Crippen molar-refractivity contribution in [2.24, 2.45) is 0 Å². The second-order valence-electron chi connectivity index (χ2n) is 13.9. The Bertz CT molecular complexity index is 3440. The molecule has 0 spiro atoms. The Kier molecular flexibility index (Phi) is 6.12. The highest BCUT2D eigenvalue weighted by atomic mass is 32.1. The van der Waals surface area contributed by atoms with Crippen molar-refractivity contribution in [1.29, 1.82) is 0 Å². The summed E-state index contributed by atoms with van der Waals surface area (Å²) in [6.07, 6.45) is 0. The van der Waals surface area contributed by atoms with Gasteiger partial charge in [-0.05, 0) is 80.4 Å². The lowest BCUT2D eigenvalue weighted by Gasteiger charge is -2.11. The highest BCUT2D eigenvalue weighted by Crippen LogP contribution is 2.44. The topological polar surface area (TPSA) is 17.3 Å². The van der Waals surface area contributed by atoms with E-state index in [0.29, 0.717) is 0 Å². The zero-order valence-corrected chi connectivity index (χ0v) is 30.0. The summed E-state index contributed by atoms with van der Waals surface area (Å²) in [6.45, 7) is 0. The van der Waals surface area contributed by atoms with Crippen LogP contribution in [0.1, 0.15) is 0 Å². The lowest BCUT2D eigenvalue weighted by atomic mass is 9.98. The number of nitrogens with zero attached hydrogens (tertiary/aromatic N) is 2. The lowest BCUT2D eigenvalue weighted by molar-refractivity contribution is 1.25. The van der Waals surface area contributed by atoms with E-state index in [4.69, 9.17) is 4.98 Å². The van der Waals surface area contributed by atoms with E-state index in [1.807, 2.05) is 22.7 Å². The van der Waals surface area contributed by atoms with Gasteiger partial charge in [-0.25, -0.2) is 4.98 Å². The number of hydrogen-bond donors (Lipinski definition) is 0. The van der Waals surface area contributed by atoms with Crippen molar-refractivity contribution < 1.29 is 0 Å². The van der Waals surface area contributed by atoms with Gasteiger partial charge in [0.1, 0.15) is 0 Å². The number of imidazole rings is 1. The molecule has 0 amide bonds.